The minimum absolute atomic E-state index is 0.259. The van der Waals surface area contributed by atoms with Crippen LogP contribution in [0.4, 0.5) is 0 Å². The SMILES string of the molecule is CCCNC(CSC(C)C(C)O)c1ccc(C(C)C)cc1. The third kappa shape index (κ3) is 6.41. The van der Waals surface area contributed by atoms with Crippen LogP contribution < -0.4 is 5.32 Å². The van der Waals surface area contributed by atoms with Gasteiger partial charge in [0.1, 0.15) is 0 Å². The van der Waals surface area contributed by atoms with Gasteiger partial charge >= 0.3 is 0 Å². The number of nitrogens with one attached hydrogen (secondary N) is 1. The molecule has 0 spiro atoms. The first-order valence-corrected chi connectivity index (χ1v) is 9.13. The standard InChI is InChI=1S/C18H31NOS/c1-6-11-19-18(12-21-15(5)14(4)20)17-9-7-16(8-10-17)13(2)3/h7-10,13-15,18-20H,6,11-12H2,1-5H3. The van der Waals surface area contributed by atoms with Crippen molar-refractivity contribution in [2.45, 2.75) is 64.4 Å². The second kappa shape index (κ2) is 9.50. The normalized spacial score (nSPS) is 16.0. The number of hydrogen-bond donors (Lipinski definition) is 2. The van der Waals surface area contributed by atoms with Crippen molar-refractivity contribution >= 4 is 11.8 Å². The second-order valence-corrected chi connectivity index (χ2v) is 7.52. The Bertz CT molecular complexity index is 389. The molecule has 1 aromatic rings. The van der Waals surface area contributed by atoms with E-state index in [-0.39, 0.29) is 11.4 Å². The van der Waals surface area contributed by atoms with Gasteiger partial charge in [-0.2, -0.15) is 11.8 Å². The molecule has 3 unspecified atom stereocenters. The Hall–Kier alpha value is -0.510. The maximum Gasteiger partial charge on any atom is 0.0628 e. The van der Waals surface area contributed by atoms with Gasteiger partial charge in [0.05, 0.1) is 6.10 Å². The topological polar surface area (TPSA) is 32.3 Å². The lowest BCUT2D eigenvalue weighted by Crippen LogP contribution is -2.26. The molecular formula is C18H31NOS. The highest BCUT2D eigenvalue weighted by Gasteiger charge is 2.15. The van der Waals surface area contributed by atoms with Crippen molar-refractivity contribution in [1.82, 2.24) is 5.32 Å². The fourth-order valence-corrected chi connectivity index (χ4v) is 3.18. The molecule has 120 valence electrons. The smallest absolute Gasteiger partial charge is 0.0628 e. The summed E-state index contributed by atoms with van der Waals surface area (Å²) in [4.78, 5) is 0. The number of hydrogen-bond acceptors (Lipinski definition) is 3. The predicted molar refractivity (Wildman–Crippen MR) is 95.2 cm³/mol. The molecule has 1 rings (SSSR count). The Kier molecular flexibility index (Phi) is 8.38. The van der Waals surface area contributed by atoms with Gasteiger partial charge in [0.25, 0.3) is 0 Å². The number of thioether (sulfide) groups is 1. The highest BCUT2D eigenvalue weighted by Crippen LogP contribution is 2.24. The highest BCUT2D eigenvalue weighted by atomic mass is 32.2. The van der Waals surface area contributed by atoms with Crippen molar-refractivity contribution in [2.24, 2.45) is 0 Å². The minimum atomic E-state index is -0.259. The van der Waals surface area contributed by atoms with Crippen LogP contribution in [-0.2, 0) is 0 Å². The molecule has 0 amide bonds. The molecular weight excluding hydrogens is 278 g/mol. The Morgan fingerprint density at radius 3 is 2.10 bits per heavy atom. The van der Waals surface area contributed by atoms with E-state index in [1.54, 1.807) is 0 Å². The van der Waals surface area contributed by atoms with Crippen molar-refractivity contribution < 1.29 is 5.11 Å². The average molecular weight is 310 g/mol. The minimum Gasteiger partial charge on any atom is -0.392 e. The molecule has 0 radical (unpaired) electrons. The van der Waals surface area contributed by atoms with Crippen LogP contribution >= 0.6 is 11.8 Å². The first-order valence-electron chi connectivity index (χ1n) is 8.08. The monoisotopic (exact) mass is 309 g/mol. The van der Waals surface area contributed by atoms with Crippen LogP contribution in [0.25, 0.3) is 0 Å². The Balaban J connectivity index is 2.71. The summed E-state index contributed by atoms with van der Waals surface area (Å²) in [6, 6.07) is 9.33. The van der Waals surface area contributed by atoms with E-state index < -0.39 is 0 Å². The molecule has 0 saturated heterocycles. The molecule has 0 fully saturated rings. The van der Waals surface area contributed by atoms with E-state index in [1.807, 2.05) is 18.7 Å². The summed E-state index contributed by atoms with van der Waals surface area (Å²) in [6.07, 6.45) is 0.877. The van der Waals surface area contributed by atoms with Crippen LogP contribution in [-0.4, -0.2) is 28.8 Å². The predicted octanol–water partition coefficient (Wildman–Crippen LogP) is 4.35. The van der Waals surface area contributed by atoms with Crippen molar-refractivity contribution in [1.29, 1.82) is 0 Å². The van der Waals surface area contributed by atoms with Crippen LogP contribution in [0.1, 0.15) is 64.1 Å². The van der Waals surface area contributed by atoms with Crippen LogP contribution in [0.3, 0.4) is 0 Å². The Labute approximate surface area is 134 Å². The van der Waals surface area contributed by atoms with Crippen molar-refractivity contribution in [3.05, 3.63) is 35.4 Å². The lowest BCUT2D eigenvalue weighted by molar-refractivity contribution is 0.196. The third-order valence-corrected chi connectivity index (χ3v) is 5.30. The van der Waals surface area contributed by atoms with Crippen molar-refractivity contribution in [3.63, 3.8) is 0 Å². The molecule has 3 atom stereocenters. The summed E-state index contributed by atoms with van der Waals surface area (Å²) >= 11 is 1.84. The van der Waals surface area contributed by atoms with Crippen molar-refractivity contribution in [3.8, 4) is 0 Å². The molecule has 0 bridgehead atoms. The van der Waals surface area contributed by atoms with E-state index in [0.29, 0.717) is 12.0 Å². The van der Waals surface area contributed by atoms with Gasteiger partial charge in [0, 0.05) is 17.0 Å². The molecule has 0 heterocycles. The van der Waals surface area contributed by atoms with E-state index >= 15 is 0 Å². The molecule has 0 aromatic heterocycles. The van der Waals surface area contributed by atoms with Crippen LogP contribution in [0, 0.1) is 0 Å². The van der Waals surface area contributed by atoms with Crippen LogP contribution in [0.5, 0.6) is 0 Å². The molecule has 1 aromatic carbocycles. The summed E-state index contributed by atoms with van der Waals surface area (Å²) in [6.45, 7) is 11.6. The zero-order valence-electron chi connectivity index (χ0n) is 14.1. The largest absolute Gasteiger partial charge is 0.392 e. The lowest BCUT2D eigenvalue weighted by atomic mass is 9.99. The third-order valence-electron chi connectivity index (χ3n) is 3.85. The van der Waals surface area contributed by atoms with E-state index in [2.05, 4.69) is 57.3 Å². The van der Waals surface area contributed by atoms with E-state index in [4.69, 9.17) is 0 Å². The van der Waals surface area contributed by atoms with Gasteiger partial charge in [0.15, 0.2) is 0 Å². The quantitative estimate of drug-likeness (QED) is 0.711. The number of aliphatic hydroxyl groups excluding tert-OH is 1. The molecule has 0 saturated carbocycles. The van der Waals surface area contributed by atoms with Crippen molar-refractivity contribution in [2.75, 3.05) is 12.3 Å². The van der Waals surface area contributed by atoms with Crippen LogP contribution in [0.15, 0.2) is 24.3 Å². The van der Waals surface area contributed by atoms with Gasteiger partial charge in [-0.1, -0.05) is 52.0 Å². The van der Waals surface area contributed by atoms with Gasteiger partial charge in [0.2, 0.25) is 0 Å². The summed E-state index contributed by atoms with van der Waals surface area (Å²) in [5.74, 6) is 1.57. The summed E-state index contributed by atoms with van der Waals surface area (Å²) in [5, 5.41) is 13.5. The fraction of sp³-hybridized carbons (Fsp3) is 0.667. The van der Waals surface area contributed by atoms with Gasteiger partial charge in [-0.3, -0.25) is 0 Å². The lowest BCUT2D eigenvalue weighted by Gasteiger charge is -2.22. The zero-order valence-corrected chi connectivity index (χ0v) is 14.9. The van der Waals surface area contributed by atoms with E-state index in [0.717, 1.165) is 18.7 Å². The van der Waals surface area contributed by atoms with Gasteiger partial charge in [-0.05, 0) is 36.9 Å². The zero-order chi connectivity index (χ0) is 15.8. The van der Waals surface area contributed by atoms with Gasteiger partial charge < -0.3 is 10.4 Å². The maximum atomic E-state index is 9.64. The molecule has 0 aliphatic carbocycles. The first-order chi connectivity index (χ1) is 9.95. The molecule has 0 aliphatic heterocycles. The second-order valence-electron chi connectivity index (χ2n) is 6.11. The average Bonchev–Trinajstić information content (AvgIpc) is 2.47. The van der Waals surface area contributed by atoms with E-state index in [9.17, 15) is 5.11 Å². The maximum absolute atomic E-state index is 9.64. The molecule has 21 heavy (non-hydrogen) atoms. The van der Waals surface area contributed by atoms with Gasteiger partial charge in [-0.15, -0.1) is 0 Å². The number of aliphatic hydroxyl groups is 1. The molecule has 3 heteroatoms. The fourth-order valence-electron chi connectivity index (χ4n) is 2.09. The van der Waals surface area contributed by atoms with Crippen LogP contribution in [0.2, 0.25) is 0 Å². The van der Waals surface area contributed by atoms with E-state index in [1.165, 1.54) is 11.1 Å². The van der Waals surface area contributed by atoms with Gasteiger partial charge in [-0.25, -0.2) is 0 Å². The molecule has 2 N–H and O–H groups in total. The summed E-state index contributed by atoms with van der Waals surface area (Å²) < 4.78 is 0. The Morgan fingerprint density at radius 1 is 1.05 bits per heavy atom. The molecule has 0 aliphatic rings. The first kappa shape index (κ1) is 18.5. The molecule has 2 nitrogen and oxygen atoms in total. The highest BCUT2D eigenvalue weighted by molar-refractivity contribution is 7.99. The Morgan fingerprint density at radius 2 is 1.62 bits per heavy atom. The number of rotatable bonds is 9. The number of benzene rings is 1. The summed E-state index contributed by atoms with van der Waals surface area (Å²) in [5.41, 5.74) is 2.73. The summed E-state index contributed by atoms with van der Waals surface area (Å²) in [7, 11) is 0.